The lowest BCUT2D eigenvalue weighted by molar-refractivity contribution is -0.117. The van der Waals surface area contributed by atoms with Crippen LogP contribution < -0.4 is 5.32 Å². The molecule has 3 rings (SSSR count). The minimum Gasteiger partial charge on any atom is -0.468 e. The normalized spacial score (nSPS) is 19.4. The van der Waals surface area contributed by atoms with E-state index in [0.717, 1.165) is 11.5 Å². The molecule has 1 aliphatic heterocycles. The summed E-state index contributed by atoms with van der Waals surface area (Å²) in [5.74, 6) is 1.37. The van der Waals surface area contributed by atoms with Crippen LogP contribution in [0.1, 0.15) is 23.9 Å². The van der Waals surface area contributed by atoms with Gasteiger partial charge in [-0.2, -0.15) is 5.10 Å². The molecule has 8 nitrogen and oxygen atoms in total. The molecule has 1 fully saturated rings. The van der Waals surface area contributed by atoms with Gasteiger partial charge >= 0.3 is 0 Å². The van der Waals surface area contributed by atoms with Crippen molar-refractivity contribution in [3.05, 3.63) is 35.9 Å². The van der Waals surface area contributed by atoms with Gasteiger partial charge in [0.1, 0.15) is 11.6 Å². The van der Waals surface area contributed by atoms with E-state index < -0.39 is 9.84 Å². The Morgan fingerprint density at radius 3 is 2.96 bits per heavy atom. The first-order valence-electron chi connectivity index (χ1n) is 8.10. The second-order valence-electron chi connectivity index (χ2n) is 6.47. The highest BCUT2D eigenvalue weighted by Crippen LogP contribution is 2.27. The van der Waals surface area contributed by atoms with E-state index >= 15 is 0 Å². The van der Waals surface area contributed by atoms with Gasteiger partial charge in [0.05, 0.1) is 42.6 Å². The highest BCUT2D eigenvalue weighted by Gasteiger charge is 2.31. The molecule has 0 spiro atoms. The number of nitrogens with zero attached hydrogens (tertiary/aromatic N) is 3. The van der Waals surface area contributed by atoms with Gasteiger partial charge in [0, 0.05) is 6.07 Å². The first kappa shape index (κ1) is 17.7. The molecular formula is C16H22N4O4S. The van der Waals surface area contributed by atoms with E-state index in [1.165, 1.54) is 0 Å². The van der Waals surface area contributed by atoms with Crippen LogP contribution in [-0.4, -0.2) is 54.1 Å². The van der Waals surface area contributed by atoms with Crippen molar-refractivity contribution in [1.82, 2.24) is 14.7 Å². The van der Waals surface area contributed by atoms with E-state index in [0.29, 0.717) is 18.8 Å². The van der Waals surface area contributed by atoms with Gasteiger partial charge in [0.2, 0.25) is 5.91 Å². The average molecular weight is 366 g/mol. The maximum atomic E-state index is 12.3. The predicted molar refractivity (Wildman–Crippen MR) is 92.9 cm³/mol. The second kappa shape index (κ2) is 7.01. The molecule has 0 aromatic carbocycles. The third-order valence-corrected chi connectivity index (χ3v) is 5.85. The van der Waals surface area contributed by atoms with Crippen molar-refractivity contribution in [3.63, 3.8) is 0 Å². The van der Waals surface area contributed by atoms with Crippen LogP contribution >= 0.6 is 0 Å². The number of carbonyl (C=O) groups excluding carboxylic acids is 1. The zero-order valence-electron chi connectivity index (χ0n) is 14.3. The highest BCUT2D eigenvalue weighted by atomic mass is 32.2. The summed E-state index contributed by atoms with van der Waals surface area (Å²) in [7, 11) is -1.19. The average Bonchev–Trinajstić information content (AvgIpc) is 3.20. The molecule has 3 heterocycles. The van der Waals surface area contributed by atoms with E-state index in [-0.39, 0.29) is 30.0 Å². The van der Waals surface area contributed by atoms with Gasteiger partial charge < -0.3 is 9.73 Å². The summed E-state index contributed by atoms with van der Waals surface area (Å²) in [6.45, 7) is 2.53. The highest BCUT2D eigenvalue weighted by molar-refractivity contribution is 7.91. The molecule has 2 aromatic rings. The molecule has 1 aliphatic rings. The van der Waals surface area contributed by atoms with Crippen LogP contribution in [-0.2, 0) is 21.2 Å². The van der Waals surface area contributed by atoms with Gasteiger partial charge in [0.15, 0.2) is 9.84 Å². The molecule has 0 radical (unpaired) electrons. The smallest absolute Gasteiger partial charge is 0.239 e. The van der Waals surface area contributed by atoms with Crippen molar-refractivity contribution < 1.29 is 17.6 Å². The molecule has 25 heavy (non-hydrogen) atoms. The molecule has 0 saturated carbocycles. The molecular weight excluding hydrogens is 344 g/mol. The van der Waals surface area contributed by atoms with Crippen LogP contribution in [0.15, 0.2) is 28.9 Å². The maximum Gasteiger partial charge on any atom is 0.239 e. The molecule has 0 aliphatic carbocycles. The van der Waals surface area contributed by atoms with Gasteiger partial charge in [-0.15, -0.1) is 0 Å². The number of aromatic nitrogens is 2. The van der Waals surface area contributed by atoms with E-state index in [4.69, 9.17) is 4.42 Å². The lowest BCUT2D eigenvalue weighted by Gasteiger charge is -2.17. The minimum atomic E-state index is -3.02. The van der Waals surface area contributed by atoms with Gasteiger partial charge in [-0.25, -0.2) is 13.1 Å². The minimum absolute atomic E-state index is 0.0649. The Labute approximate surface area is 146 Å². The Hall–Kier alpha value is -2.13. The number of rotatable bonds is 6. The summed E-state index contributed by atoms with van der Waals surface area (Å²) < 4.78 is 30.3. The van der Waals surface area contributed by atoms with Crippen LogP contribution in [0.2, 0.25) is 0 Å². The summed E-state index contributed by atoms with van der Waals surface area (Å²) in [6, 6.07) is 5.19. The number of nitrogens with one attached hydrogen (secondary N) is 1. The van der Waals surface area contributed by atoms with Crippen LogP contribution in [0.4, 0.5) is 5.82 Å². The first-order chi connectivity index (χ1) is 11.8. The third kappa shape index (κ3) is 4.49. The van der Waals surface area contributed by atoms with E-state index in [9.17, 15) is 13.2 Å². The lowest BCUT2D eigenvalue weighted by atomic mass is 10.3. The monoisotopic (exact) mass is 366 g/mol. The topological polar surface area (TPSA) is 97.4 Å². The van der Waals surface area contributed by atoms with Crippen molar-refractivity contribution in [2.45, 2.75) is 25.9 Å². The maximum absolute atomic E-state index is 12.3. The molecule has 9 heteroatoms. The fourth-order valence-electron chi connectivity index (χ4n) is 3.01. The first-order valence-corrected chi connectivity index (χ1v) is 9.92. The Morgan fingerprint density at radius 1 is 1.52 bits per heavy atom. The van der Waals surface area contributed by atoms with Gasteiger partial charge in [-0.1, -0.05) is 0 Å². The number of aryl methyl sites for hydroxylation is 1. The van der Waals surface area contributed by atoms with Crippen molar-refractivity contribution >= 4 is 21.6 Å². The fraction of sp³-hybridized carbons (Fsp3) is 0.500. The lowest BCUT2D eigenvalue weighted by Crippen LogP contribution is -2.30. The van der Waals surface area contributed by atoms with Crippen LogP contribution in [0, 0.1) is 6.92 Å². The van der Waals surface area contributed by atoms with E-state index in [1.54, 1.807) is 23.1 Å². The van der Waals surface area contributed by atoms with E-state index in [2.05, 4.69) is 10.4 Å². The summed E-state index contributed by atoms with van der Waals surface area (Å²) in [5.41, 5.74) is 0.739. The molecule has 0 bridgehead atoms. The number of hydrogen-bond donors (Lipinski definition) is 1. The van der Waals surface area contributed by atoms with Crippen molar-refractivity contribution in [2.75, 3.05) is 30.4 Å². The van der Waals surface area contributed by atoms with Crippen LogP contribution in [0.3, 0.4) is 0 Å². The fourth-order valence-corrected chi connectivity index (χ4v) is 4.70. The van der Waals surface area contributed by atoms with Crippen molar-refractivity contribution in [2.24, 2.45) is 0 Å². The SMILES string of the molecule is Cc1cc(NC(=O)CN(C)Cc2ccco2)n([C@H]2CCS(=O)(=O)C2)n1. The predicted octanol–water partition coefficient (Wildman–Crippen LogP) is 1.21. The van der Waals surface area contributed by atoms with Crippen LogP contribution in [0.25, 0.3) is 0 Å². The number of sulfone groups is 1. The van der Waals surface area contributed by atoms with Gasteiger partial charge in [0.25, 0.3) is 0 Å². The number of hydrogen-bond acceptors (Lipinski definition) is 6. The molecule has 136 valence electrons. The van der Waals surface area contributed by atoms with Gasteiger partial charge in [-0.05, 0) is 32.5 Å². The Morgan fingerprint density at radius 2 is 2.32 bits per heavy atom. The molecule has 1 N–H and O–H groups in total. The molecule has 0 unspecified atom stereocenters. The third-order valence-electron chi connectivity index (χ3n) is 4.10. The zero-order valence-corrected chi connectivity index (χ0v) is 15.1. The van der Waals surface area contributed by atoms with Crippen LogP contribution in [0.5, 0.6) is 0 Å². The number of amides is 1. The Balaban J connectivity index is 1.63. The summed E-state index contributed by atoms with van der Waals surface area (Å²) in [4.78, 5) is 14.1. The molecule has 1 saturated heterocycles. The zero-order chi connectivity index (χ0) is 18.0. The Kier molecular flexibility index (Phi) is 4.96. The van der Waals surface area contributed by atoms with Crippen molar-refractivity contribution in [3.8, 4) is 0 Å². The number of anilines is 1. The van der Waals surface area contributed by atoms with E-state index in [1.807, 2.05) is 24.9 Å². The quantitative estimate of drug-likeness (QED) is 0.825. The molecule has 1 amide bonds. The Bertz CT molecular complexity index is 842. The van der Waals surface area contributed by atoms with Crippen molar-refractivity contribution in [1.29, 1.82) is 0 Å². The summed E-state index contributed by atoms with van der Waals surface area (Å²) >= 11 is 0. The molecule has 1 atom stereocenters. The number of furan rings is 1. The number of carbonyl (C=O) groups is 1. The van der Waals surface area contributed by atoms with Gasteiger partial charge in [-0.3, -0.25) is 9.69 Å². The largest absolute Gasteiger partial charge is 0.468 e. The number of likely N-dealkylation sites (N-methyl/N-ethyl adjacent to an activating group) is 1. The second-order valence-corrected chi connectivity index (χ2v) is 8.70. The summed E-state index contributed by atoms with van der Waals surface area (Å²) in [6.07, 6.45) is 2.12. The summed E-state index contributed by atoms with van der Waals surface area (Å²) in [5, 5.41) is 7.20. The molecule has 2 aromatic heterocycles. The standard InChI is InChI=1S/C16H22N4O4S/c1-12-8-15(20(18-12)13-5-7-25(22,23)11-13)17-16(21)10-19(2)9-14-4-3-6-24-14/h3-4,6,8,13H,5,7,9-11H2,1-2H3,(H,17,21)/t13-/m0/s1.